The molecule has 3 rings (SSSR count). The van der Waals surface area contributed by atoms with Crippen LogP contribution >= 0.6 is 0 Å². The minimum Gasteiger partial charge on any atom is -0.493 e. The first-order valence-electron chi connectivity index (χ1n) is 12.3. The van der Waals surface area contributed by atoms with Crippen LogP contribution in [0.2, 0.25) is 0 Å². The fraction of sp³-hybridized carbons (Fsp3) is 0.370. The Balaban J connectivity index is 1.93. The van der Waals surface area contributed by atoms with Gasteiger partial charge in [0.25, 0.3) is 15.9 Å². The van der Waals surface area contributed by atoms with E-state index in [2.05, 4.69) is 26.9 Å². The number of unbranched alkanes of at least 4 members (excludes halogenated alkanes) is 2. The van der Waals surface area contributed by atoms with Crippen molar-refractivity contribution in [1.82, 2.24) is 14.7 Å². The third-order valence-electron chi connectivity index (χ3n) is 5.33. The summed E-state index contributed by atoms with van der Waals surface area (Å²) in [4.78, 5) is 21.6. The lowest BCUT2D eigenvalue weighted by Crippen LogP contribution is -2.32. The summed E-state index contributed by atoms with van der Waals surface area (Å²) in [5.41, 5.74) is 1.43. The second-order valence-electron chi connectivity index (χ2n) is 9.16. The Morgan fingerprint density at radius 3 is 2.57 bits per heavy atom. The van der Waals surface area contributed by atoms with Gasteiger partial charge in [0, 0.05) is 23.9 Å². The molecule has 0 aliphatic heterocycles. The van der Waals surface area contributed by atoms with Gasteiger partial charge in [-0.25, -0.2) is 19.1 Å². The minimum atomic E-state index is -4.20. The highest BCUT2D eigenvalue weighted by atomic mass is 32.2. The van der Waals surface area contributed by atoms with Crippen molar-refractivity contribution in [2.75, 3.05) is 18.5 Å². The summed E-state index contributed by atoms with van der Waals surface area (Å²) in [6, 6.07) is 11.9. The van der Waals surface area contributed by atoms with Gasteiger partial charge in [-0.05, 0) is 55.7 Å². The third kappa shape index (κ3) is 7.98. The van der Waals surface area contributed by atoms with Gasteiger partial charge in [-0.1, -0.05) is 39.7 Å². The lowest BCUT2D eigenvalue weighted by atomic mass is 10.1. The van der Waals surface area contributed by atoms with Crippen LogP contribution in [0.4, 0.5) is 10.2 Å². The molecule has 3 aromatic rings. The molecule has 0 fully saturated rings. The number of pyridine rings is 2. The van der Waals surface area contributed by atoms with Gasteiger partial charge in [-0.3, -0.25) is 4.79 Å². The highest BCUT2D eigenvalue weighted by Crippen LogP contribution is 2.27. The van der Waals surface area contributed by atoms with E-state index in [0.29, 0.717) is 35.9 Å². The van der Waals surface area contributed by atoms with E-state index < -0.39 is 21.7 Å². The Morgan fingerprint density at radius 2 is 1.86 bits per heavy atom. The molecule has 0 atom stereocenters. The number of hydrogen-bond donors (Lipinski definition) is 2. The summed E-state index contributed by atoms with van der Waals surface area (Å²) in [6.07, 6.45) is 2.82. The predicted octanol–water partition coefficient (Wildman–Crippen LogP) is 5.35. The lowest BCUT2D eigenvalue weighted by molar-refractivity contribution is 0.0981. The van der Waals surface area contributed by atoms with Gasteiger partial charge >= 0.3 is 0 Å². The maximum atomic E-state index is 14.3. The van der Waals surface area contributed by atoms with Crippen molar-refractivity contribution in [1.29, 1.82) is 0 Å². The summed E-state index contributed by atoms with van der Waals surface area (Å²) < 4.78 is 47.6. The lowest BCUT2D eigenvalue weighted by Gasteiger charge is -2.14. The fourth-order valence-corrected chi connectivity index (χ4v) is 4.45. The zero-order chi connectivity index (χ0) is 27.0. The van der Waals surface area contributed by atoms with Crippen LogP contribution < -0.4 is 14.8 Å². The average Bonchev–Trinajstić information content (AvgIpc) is 2.84. The number of carbonyl (C=O) groups is 1. The molecule has 0 unspecified atom stereocenters. The van der Waals surface area contributed by atoms with E-state index in [0.717, 1.165) is 19.3 Å². The fourth-order valence-electron chi connectivity index (χ4n) is 3.47. The van der Waals surface area contributed by atoms with Crippen molar-refractivity contribution in [2.24, 2.45) is 5.92 Å². The van der Waals surface area contributed by atoms with Gasteiger partial charge in [0.05, 0.1) is 17.9 Å². The molecule has 2 N–H and O–H groups in total. The zero-order valence-electron chi connectivity index (χ0n) is 21.5. The number of benzene rings is 1. The number of amides is 1. The molecule has 0 saturated carbocycles. The Kier molecular flexibility index (Phi) is 9.57. The molecular weight excluding hydrogens is 495 g/mol. The number of aromatic nitrogens is 2. The number of halogens is 1. The number of hydrogen-bond acceptors (Lipinski definition) is 7. The smallest absolute Gasteiger partial charge is 0.281 e. The number of aryl methyl sites for hydroxylation is 1. The molecule has 2 aromatic heterocycles. The molecule has 10 heteroatoms. The van der Waals surface area contributed by atoms with Crippen molar-refractivity contribution < 1.29 is 22.3 Å². The highest BCUT2D eigenvalue weighted by Gasteiger charge is 2.23. The van der Waals surface area contributed by atoms with Crippen LogP contribution in [-0.2, 0) is 10.0 Å². The summed E-state index contributed by atoms with van der Waals surface area (Å²) in [7, 11) is -4.20. The molecule has 8 nitrogen and oxygen atoms in total. The van der Waals surface area contributed by atoms with E-state index in [1.54, 1.807) is 31.2 Å². The Labute approximate surface area is 217 Å². The Bertz CT molecular complexity index is 1350. The molecule has 0 radical (unpaired) electrons. The van der Waals surface area contributed by atoms with Crippen molar-refractivity contribution in [3.05, 3.63) is 65.6 Å². The van der Waals surface area contributed by atoms with Crippen LogP contribution in [0.5, 0.6) is 5.75 Å². The molecule has 0 saturated heterocycles. The average molecular weight is 529 g/mol. The van der Waals surface area contributed by atoms with Crippen LogP contribution in [0.25, 0.3) is 11.3 Å². The molecule has 2 heterocycles. The van der Waals surface area contributed by atoms with E-state index >= 15 is 0 Å². The zero-order valence-corrected chi connectivity index (χ0v) is 22.4. The van der Waals surface area contributed by atoms with Crippen molar-refractivity contribution >= 4 is 21.7 Å². The number of carbonyl (C=O) groups excluding carboxylic acids is 1. The van der Waals surface area contributed by atoms with E-state index in [1.165, 1.54) is 24.3 Å². The van der Waals surface area contributed by atoms with Crippen LogP contribution in [0.3, 0.4) is 0 Å². The molecule has 37 heavy (non-hydrogen) atoms. The number of ether oxygens (including phenoxy) is 1. The standard InChI is InChI=1S/C27H33FN4O4S/c1-5-6-7-13-29-26-23(27(33)32-37(34,35)25-10-8-9-19(4)30-25)11-12-24(31-26)20-14-21(28)16-22(15-20)36-17-18(2)3/h8-12,14-16,18H,5-7,13,17H2,1-4H3,(H,29,31)(H,32,33). The summed E-state index contributed by atoms with van der Waals surface area (Å²) in [5.74, 6) is -0.476. The number of rotatable bonds is 12. The topological polar surface area (TPSA) is 110 Å². The number of anilines is 1. The van der Waals surface area contributed by atoms with Gasteiger partial charge in [0.1, 0.15) is 17.4 Å². The quantitative estimate of drug-likeness (QED) is 0.305. The third-order valence-corrected chi connectivity index (χ3v) is 6.56. The van der Waals surface area contributed by atoms with Gasteiger partial charge in [0.2, 0.25) is 0 Å². The monoisotopic (exact) mass is 528 g/mol. The molecule has 0 bridgehead atoms. The Hall–Kier alpha value is -3.53. The van der Waals surface area contributed by atoms with E-state index in [-0.39, 0.29) is 22.3 Å². The van der Waals surface area contributed by atoms with Crippen LogP contribution in [0, 0.1) is 18.7 Å². The number of nitrogens with one attached hydrogen (secondary N) is 2. The normalized spacial score (nSPS) is 11.4. The number of nitrogens with zero attached hydrogens (tertiary/aromatic N) is 2. The SMILES string of the molecule is CCCCCNc1nc(-c2cc(F)cc(OCC(C)C)c2)ccc1C(=O)NS(=O)(=O)c1cccc(C)n1. The maximum Gasteiger partial charge on any atom is 0.281 e. The van der Waals surface area contributed by atoms with E-state index in [1.807, 2.05) is 13.8 Å². The van der Waals surface area contributed by atoms with Crippen LogP contribution in [-0.4, -0.2) is 37.4 Å². The van der Waals surface area contributed by atoms with Crippen molar-refractivity contribution in [3.63, 3.8) is 0 Å². The highest BCUT2D eigenvalue weighted by molar-refractivity contribution is 7.90. The molecule has 0 aliphatic rings. The first-order valence-corrected chi connectivity index (χ1v) is 13.8. The van der Waals surface area contributed by atoms with E-state index in [9.17, 15) is 17.6 Å². The summed E-state index contributed by atoms with van der Waals surface area (Å²) >= 11 is 0. The van der Waals surface area contributed by atoms with Crippen LogP contribution in [0.1, 0.15) is 56.1 Å². The first kappa shape index (κ1) is 28.0. The largest absolute Gasteiger partial charge is 0.493 e. The van der Waals surface area contributed by atoms with Gasteiger partial charge in [-0.15, -0.1) is 0 Å². The summed E-state index contributed by atoms with van der Waals surface area (Å²) in [5, 5.41) is 2.88. The molecule has 1 aromatic carbocycles. The first-order chi connectivity index (χ1) is 17.6. The second-order valence-corrected chi connectivity index (χ2v) is 10.8. The molecule has 198 valence electrons. The van der Waals surface area contributed by atoms with Crippen molar-refractivity contribution in [2.45, 2.75) is 52.0 Å². The molecule has 1 amide bonds. The minimum absolute atomic E-state index is 0.0455. The van der Waals surface area contributed by atoms with Gasteiger partial charge in [0.15, 0.2) is 5.03 Å². The van der Waals surface area contributed by atoms with E-state index in [4.69, 9.17) is 4.74 Å². The molecule has 0 aliphatic carbocycles. The van der Waals surface area contributed by atoms with Gasteiger partial charge < -0.3 is 10.1 Å². The Morgan fingerprint density at radius 1 is 1.08 bits per heavy atom. The predicted molar refractivity (Wildman–Crippen MR) is 142 cm³/mol. The maximum absolute atomic E-state index is 14.3. The second kappa shape index (κ2) is 12.6. The van der Waals surface area contributed by atoms with Crippen LogP contribution in [0.15, 0.2) is 53.6 Å². The summed E-state index contributed by atoms with van der Waals surface area (Å²) in [6.45, 7) is 8.69. The molecular formula is C27H33FN4O4S. The molecule has 0 spiro atoms. The van der Waals surface area contributed by atoms with Gasteiger partial charge in [-0.2, -0.15) is 8.42 Å². The van der Waals surface area contributed by atoms with Crippen molar-refractivity contribution in [3.8, 4) is 17.0 Å². The number of sulfonamides is 1.